The fourth-order valence-electron chi connectivity index (χ4n) is 2.43. The first-order chi connectivity index (χ1) is 11.7. The third kappa shape index (κ3) is 4.28. The standard InChI is InChI=1S/C14H20N6O3S/c21-13(17-18-14(24)20-3-7-23-8-4-20)11-9-15-10-12(16-11)19-1-5-22-6-2-19/h9-10H,1-8H2,(H,17,21)(H,18,24). The fourth-order valence-corrected chi connectivity index (χ4v) is 2.66. The van der Waals surface area contributed by atoms with E-state index in [0.29, 0.717) is 50.4 Å². The quantitative estimate of drug-likeness (QED) is 0.522. The molecule has 0 radical (unpaired) electrons. The molecule has 2 saturated heterocycles. The number of nitrogens with zero attached hydrogens (tertiary/aromatic N) is 4. The monoisotopic (exact) mass is 352 g/mol. The summed E-state index contributed by atoms with van der Waals surface area (Å²) in [6.07, 6.45) is 3.08. The lowest BCUT2D eigenvalue weighted by atomic mass is 10.4. The van der Waals surface area contributed by atoms with Crippen molar-refractivity contribution in [2.75, 3.05) is 57.5 Å². The lowest BCUT2D eigenvalue weighted by Crippen LogP contribution is -2.52. The van der Waals surface area contributed by atoms with Gasteiger partial charge in [-0.15, -0.1) is 0 Å². The van der Waals surface area contributed by atoms with Gasteiger partial charge in [-0.2, -0.15) is 0 Å². The zero-order chi connectivity index (χ0) is 16.8. The highest BCUT2D eigenvalue weighted by molar-refractivity contribution is 7.80. The highest BCUT2D eigenvalue weighted by atomic mass is 32.1. The Kier molecular flexibility index (Phi) is 5.72. The lowest BCUT2D eigenvalue weighted by molar-refractivity contribution is 0.0670. The van der Waals surface area contributed by atoms with Gasteiger partial charge in [-0.1, -0.05) is 0 Å². The molecule has 3 heterocycles. The predicted molar refractivity (Wildman–Crippen MR) is 90.7 cm³/mol. The summed E-state index contributed by atoms with van der Waals surface area (Å²) in [6.45, 7) is 5.42. The summed E-state index contributed by atoms with van der Waals surface area (Å²) >= 11 is 5.26. The van der Waals surface area contributed by atoms with Crippen molar-refractivity contribution < 1.29 is 14.3 Å². The molecule has 9 nitrogen and oxygen atoms in total. The number of rotatable bonds is 2. The molecule has 1 aromatic heterocycles. The Bertz CT molecular complexity index is 590. The number of nitrogens with one attached hydrogen (secondary N) is 2. The first-order valence-corrected chi connectivity index (χ1v) is 8.22. The number of morpholine rings is 2. The number of hydrogen-bond acceptors (Lipinski definition) is 7. The molecule has 2 aliphatic rings. The normalized spacial score (nSPS) is 18.2. The van der Waals surface area contributed by atoms with Crippen molar-refractivity contribution in [2.24, 2.45) is 0 Å². The topological polar surface area (TPSA) is 91.9 Å². The second kappa shape index (κ2) is 8.18. The number of ether oxygens (including phenoxy) is 2. The van der Waals surface area contributed by atoms with Crippen molar-refractivity contribution in [3.63, 3.8) is 0 Å². The summed E-state index contributed by atoms with van der Waals surface area (Å²) in [4.78, 5) is 24.7. The molecule has 0 spiro atoms. The van der Waals surface area contributed by atoms with Crippen molar-refractivity contribution >= 4 is 29.1 Å². The van der Waals surface area contributed by atoms with E-state index in [1.807, 2.05) is 9.80 Å². The Morgan fingerprint density at radius 1 is 1.04 bits per heavy atom. The van der Waals surface area contributed by atoms with Crippen molar-refractivity contribution in [1.29, 1.82) is 0 Å². The number of hydrogen-bond donors (Lipinski definition) is 2. The number of amides is 1. The molecule has 0 bridgehead atoms. The molecular formula is C14H20N6O3S. The maximum atomic E-state index is 12.2. The van der Waals surface area contributed by atoms with E-state index in [4.69, 9.17) is 21.7 Å². The Morgan fingerprint density at radius 2 is 1.71 bits per heavy atom. The van der Waals surface area contributed by atoms with Gasteiger partial charge in [0, 0.05) is 26.2 Å². The van der Waals surface area contributed by atoms with E-state index < -0.39 is 0 Å². The maximum absolute atomic E-state index is 12.2. The summed E-state index contributed by atoms with van der Waals surface area (Å²) in [5.41, 5.74) is 5.55. The molecule has 10 heteroatoms. The molecule has 2 aliphatic heterocycles. The van der Waals surface area contributed by atoms with Crippen molar-refractivity contribution in [1.82, 2.24) is 25.7 Å². The number of hydrazine groups is 1. The van der Waals surface area contributed by atoms with Crippen LogP contribution in [0.25, 0.3) is 0 Å². The molecule has 3 rings (SSSR count). The summed E-state index contributed by atoms with van der Waals surface area (Å²) in [6, 6.07) is 0. The van der Waals surface area contributed by atoms with Crippen LogP contribution in [0.15, 0.2) is 12.4 Å². The van der Waals surface area contributed by atoms with Crippen LogP contribution in [-0.4, -0.2) is 78.5 Å². The summed E-state index contributed by atoms with van der Waals surface area (Å²) in [5, 5.41) is 0.462. The van der Waals surface area contributed by atoms with Gasteiger partial charge in [0.05, 0.1) is 38.8 Å². The Hall–Kier alpha value is -2.04. The number of thiocarbonyl (C=S) groups is 1. The average molecular weight is 352 g/mol. The van der Waals surface area contributed by atoms with Crippen molar-refractivity contribution in [3.05, 3.63) is 18.1 Å². The van der Waals surface area contributed by atoms with Crippen molar-refractivity contribution in [2.45, 2.75) is 0 Å². The molecule has 2 N–H and O–H groups in total. The minimum atomic E-state index is -0.381. The molecule has 24 heavy (non-hydrogen) atoms. The molecule has 1 aromatic rings. The molecule has 1 amide bonds. The molecule has 0 aromatic carbocycles. The Balaban J connectivity index is 1.55. The van der Waals surface area contributed by atoms with E-state index in [1.165, 1.54) is 6.20 Å². The van der Waals surface area contributed by atoms with E-state index in [-0.39, 0.29) is 11.6 Å². The van der Waals surface area contributed by atoms with Crippen LogP contribution in [0.3, 0.4) is 0 Å². The first-order valence-electron chi connectivity index (χ1n) is 7.82. The lowest BCUT2D eigenvalue weighted by Gasteiger charge is -2.29. The van der Waals surface area contributed by atoms with Crippen LogP contribution in [0.1, 0.15) is 10.5 Å². The van der Waals surface area contributed by atoms with Gasteiger partial charge < -0.3 is 19.3 Å². The van der Waals surface area contributed by atoms with Crippen LogP contribution in [0.2, 0.25) is 0 Å². The first kappa shape index (κ1) is 16.8. The van der Waals surface area contributed by atoms with Gasteiger partial charge >= 0.3 is 0 Å². The summed E-state index contributed by atoms with van der Waals surface area (Å²) in [5.74, 6) is 0.287. The van der Waals surface area contributed by atoms with Crippen LogP contribution in [0.5, 0.6) is 0 Å². The van der Waals surface area contributed by atoms with E-state index in [0.717, 1.165) is 13.1 Å². The van der Waals surface area contributed by atoms with E-state index in [9.17, 15) is 4.79 Å². The fraction of sp³-hybridized carbons (Fsp3) is 0.571. The van der Waals surface area contributed by atoms with E-state index in [2.05, 4.69) is 20.8 Å². The van der Waals surface area contributed by atoms with E-state index >= 15 is 0 Å². The van der Waals surface area contributed by atoms with Gasteiger partial charge in [-0.05, 0) is 12.2 Å². The molecule has 2 fully saturated rings. The Morgan fingerprint density at radius 3 is 2.42 bits per heavy atom. The zero-order valence-electron chi connectivity index (χ0n) is 13.2. The minimum absolute atomic E-state index is 0.233. The largest absolute Gasteiger partial charge is 0.378 e. The molecule has 0 unspecified atom stereocenters. The van der Waals surface area contributed by atoms with Gasteiger partial charge in [-0.3, -0.25) is 20.6 Å². The van der Waals surface area contributed by atoms with Crippen LogP contribution >= 0.6 is 12.2 Å². The van der Waals surface area contributed by atoms with E-state index in [1.54, 1.807) is 6.20 Å². The third-order valence-electron chi connectivity index (χ3n) is 3.77. The number of aromatic nitrogens is 2. The minimum Gasteiger partial charge on any atom is -0.378 e. The molecule has 0 aliphatic carbocycles. The summed E-state index contributed by atoms with van der Waals surface area (Å²) in [7, 11) is 0. The van der Waals surface area contributed by atoms with Crippen LogP contribution < -0.4 is 15.8 Å². The van der Waals surface area contributed by atoms with Gasteiger partial charge in [-0.25, -0.2) is 4.98 Å². The smallest absolute Gasteiger partial charge is 0.289 e. The van der Waals surface area contributed by atoms with Gasteiger partial charge in [0.1, 0.15) is 5.82 Å². The zero-order valence-corrected chi connectivity index (χ0v) is 14.0. The average Bonchev–Trinajstić information content (AvgIpc) is 2.67. The predicted octanol–water partition coefficient (Wildman–Crippen LogP) is -0.835. The van der Waals surface area contributed by atoms with Gasteiger partial charge in [0.25, 0.3) is 5.91 Å². The molecule has 130 valence electrons. The second-order valence-electron chi connectivity index (χ2n) is 5.35. The number of anilines is 1. The van der Waals surface area contributed by atoms with Crippen LogP contribution in [-0.2, 0) is 9.47 Å². The maximum Gasteiger partial charge on any atom is 0.289 e. The van der Waals surface area contributed by atoms with Gasteiger partial charge in [0.15, 0.2) is 10.8 Å². The number of carbonyl (C=O) groups is 1. The SMILES string of the molecule is O=C(NNC(=S)N1CCOCC1)c1cncc(N2CCOCC2)n1. The second-order valence-corrected chi connectivity index (χ2v) is 5.73. The van der Waals surface area contributed by atoms with Gasteiger partial charge in [0.2, 0.25) is 0 Å². The Labute approximate surface area is 145 Å². The third-order valence-corrected chi connectivity index (χ3v) is 4.13. The highest BCUT2D eigenvalue weighted by Crippen LogP contribution is 2.11. The molecule has 0 atom stereocenters. The van der Waals surface area contributed by atoms with Crippen LogP contribution in [0.4, 0.5) is 5.82 Å². The molecular weight excluding hydrogens is 332 g/mol. The molecule has 0 saturated carbocycles. The highest BCUT2D eigenvalue weighted by Gasteiger charge is 2.17. The van der Waals surface area contributed by atoms with Crippen molar-refractivity contribution in [3.8, 4) is 0 Å². The summed E-state index contributed by atoms with van der Waals surface area (Å²) < 4.78 is 10.6. The van der Waals surface area contributed by atoms with Crippen LogP contribution in [0, 0.1) is 0 Å². The number of carbonyl (C=O) groups excluding carboxylic acids is 1.